The highest BCUT2D eigenvalue weighted by Gasteiger charge is 2.27. The molecule has 19 heavy (non-hydrogen) atoms. The molecule has 0 bridgehead atoms. The van der Waals surface area contributed by atoms with Crippen molar-refractivity contribution in [1.82, 2.24) is 4.90 Å². The molecule has 1 aliphatic rings. The Hall–Kier alpha value is -1.79. The summed E-state index contributed by atoms with van der Waals surface area (Å²) < 4.78 is 5.62. The minimum absolute atomic E-state index is 0.0727. The van der Waals surface area contributed by atoms with Gasteiger partial charge in [-0.05, 0) is 13.0 Å². The van der Waals surface area contributed by atoms with Crippen LogP contribution in [0.4, 0.5) is 5.69 Å². The fourth-order valence-corrected chi connectivity index (χ4v) is 2.26. The van der Waals surface area contributed by atoms with Crippen LogP contribution in [-0.4, -0.2) is 42.4 Å². The zero-order valence-electron chi connectivity index (χ0n) is 10.7. The molecule has 0 aliphatic carbocycles. The summed E-state index contributed by atoms with van der Waals surface area (Å²) in [5.41, 5.74) is 1.61. The van der Waals surface area contributed by atoms with E-state index in [0.29, 0.717) is 31.8 Å². The van der Waals surface area contributed by atoms with E-state index in [9.17, 15) is 14.9 Å². The Kier molecular flexibility index (Phi) is 4.24. The van der Waals surface area contributed by atoms with Crippen LogP contribution in [0.3, 0.4) is 0 Å². The molecule has 0 spiro atoms. The lowest BCUT2D eigenvalue weighted by molar-refractivity contribution is -0.386. The third-order valence-electron chi connectivity index (χ3n) is 3.21. The lowest BCUT2D eigenvalue weighted by Gasteiger charge is -2.31. The Morgan fingerprint density at radius 1 is 1.58 bits per heavy atom. The van der Waals surface area contributed by atoms with Gasteiger partial charge in [-0.25, -0.2) is 0 Å². The predicted molar refractivity (Wildman–Crippen MR) is 69.0 cm³/mol. The molecule has 0 amide bonds. The number of benzene rings is 1. The van der Waals surface area contributed by atoms with E-state index < -0.39 is 4.92 Å². The molecule has 1 unspecified atom stereocenters. The van der Waals surface area contributed by atoms with E-state index >= 15 is 0 Å². The van der Waals surface area contributed by atoms with Crippen LogP contribution < -0.4 is 0 Å². The van der Waals surface area contributed by atoms with Gasteiger partial charge < -0.3 is 9.53 Å². The number of carbonyl (C=O) groups is 1. The number of hydrogen-bond donors (Lipinski definition) is 0. The Labute approximate surface area is 111 Å². The molecule has 0 N–H and O–H groups in total. The molecule has 0 saturated carbocycles. The van der Waals surface area contributed by atoms with Gasteiger partial charge in [0.25, 0.3) is 5.69 Å². The van der Waals surface area contributed by atoms with Gasteiger partial charge in [0.15, 0.2) is 0 Å². The number of morpholine rings is 1. The number of nitro benzene ring substituents is 1. The molecule has 0 radical (unpaired) electrons. The number of nitro groups is 1. The van der Waals surface area contributed by atoms with Gasteiger partial charge in [0.2, 0.25) is 0 Å². The molecule has 0 aromatic heterocycles. The van der Waals surface area contributed by atoms with Crippen molar-refractivity contribution in [3.05, 3.63) is 39.4 Å². The van der Waals surface area contributed by atoms with Crippen molar-refractivity contribution in [3.8, 4) is 0 Å². The van der Waals surface area contributed by atoms with Crippen molar-refractivity contribution in [3.63, 3.8) is 0 Å². The summed E-state index contributed by atoms with van der Waals surface area (Å²) in [5.74, 6) is 0. The topological polar surface area (TPSA) is 72.7 Å². The van der Waals surface area contributed by atoms with Crippen LogP contribution in [0, 0.1) is 17.0 Å². The quantitative estimate of drug-likeness (QED) is 0.468. The largest absolute Gasteiger partial charge is 0.371 e. The van der Waals surface area contributed by atoms with Crippen LogP contribution in [0.15, 0.2) is 18.2 Å². The number of aryl methyl sites for hydroxylation is 1. The maximum Gasteiger partial charge on any atom is 0.275 e. The van der Waals surface area contributed by atoms with E-state index in [4.69, 9.17) is 4.74 Å². The van der Waals surface area contributed by atoms with Gasteiger partial charge in [-0.3, -0.25) is 15.0 Å². The summed E-state index contributed by atoms with van der Waals surface area (Å²) in [6.45, 7) is 3.88. The van der Waals surface area contributed by atoms with Crippen molar-refractivity contribution in [1.29, 1.82) is 0 Å². The number of hydrogen-bond acceptors (Lipinski definition) is 5. The van der Waals surface area contributed by atoms with Crippen LogP contribution >= 0.6 is 0 Å². The summed E-state index contributed by atoms with van der Waals surface area (Å²) in [7, 11) is 0. The molecule has 1 atom stereocenters. The normalized spacial score (nSPS) is 20.2. The van der Waals surface area contributed by atoms with Gasteiger partial charge in [-0.15, -0.1) is 0 Å². The minimum atomic E-state index is -0.392. The SMILES string of the molecule is Cc1ccc([N+](=O)[O-])c(C2CN(CC=O)CCO2)c1. The highest BCUT2D eigenvalue weighted by Crippen LogP contribution is 2.30. The second-order valence-electron chi connectivity index (χ2n) is 4.61. The third kappa shape index (κ3) is 3.15. The van der Waals surface area contributed by atoms with Gasteiger partial charge in [-0.1, -0.05) is 11.6 Å². The number of rotatable bonds is 4. The maximum absolute atomic E-state index is 11.1. The zero-order chi connectivity index (χ0) is 13.8. The highest BCUT2D eigenvalue weighted by molar-refractivity contribution is 5.52. The molecule has 1 fully saturated rings. The summed E-state index contributed by atoms with van der Waals surface area (Å²) in [4.78, 5) is 23.2. The van der Waals surface area contributed by atoms with E-state index in [1.807, 2.05) is 11.8 Å². The highest BCUT2D eigenvalue weighted by atomic mass is 16.6. The summed E-state index contributed by atoms with van der Waals surface area (Å²) >= 11 is 0. The van der Waals surface area contributed by atoms with Gasteiger partial charge >= 0.3 is 0 Å². The van der Waals surface area contributed by atoms with Crippen LogP contribution in [0.25, 0.3) is 0 Å². The third-order valence-corrected chi connectivity index (χ3v) is 3.21. The van der Waals surface area contributed by atoms with E-state index in [0.717, 1.165) is 11.8 Å². The monoisotopic (exact) mass is 264 g/mol. The molecular formula is C13H16N2O4. The Morgan fingerprint density at radius 2 is 2.37 bits per heavy atom. The molecule has 1 heterocycles. The van der Waals surface area contributed by atoms with Crippen molar-refractivity contribution < 1.29 is 14.5 Å². The van der Waals surface area contributed by atoms with Gasteiger partial charge in [0.1, 0.15) is 12.4 Å². The lowest BCUT2D eigenvalue weighted by Crippen LogP contribution is -2.39. The Morgan fingerprint density at radius 3 is 3.05 bits per heavy atom. The molecule has 6 heteroatoms. The standard InChI is InChI=1S/C13H16N2O4/c1-10-2-3-12(15(17)18)11(8-10)13-9-14(4-6-16)5-7-19-13/h2-3,6,8,13H,4-5,7,9H2,1H3. The molecule has 1 aromatic rings. The van der Waals surface area contributed by atoms with E-state index in [1.54, 1.807) is 12.1 Å². The fourth-order valence-electron chi connectivity index (χ4n) is 2.26. The van der Waals surface area contributed by atoms with Gasteiger partial charge in [0, 0.05) is 19.2 Å². The second-order valence-corrected chi connectivity index (χ2v) is 4.61. The van der Waals surface area contributed by atoms with E-state index in [1.165, 1.54) is 6.07 Å². The molecule has 2 rings (SSSR count). The molecule has 1 aromatic carbocycles. The number of aldehydes is 1. The summed E-state index contributed by atoms with van der Waals surface area (Å²) in [6.07, 6.45) is 0.488. The smallest absolute Gasteiger partial charge is 0.275 e. The lowest BCUT2D eigenvalue weighted by atomic mass is 10.0. The maximum atomic E-state index is 11.1. The molecular weight excluding hydrogens is 248 g/mol. The molecule has 1 saturated heterocycles. The molecule has 6 nitrogen and oxygen atoms in total. The molecule has 102 valence electrons. The van der Waals surface area contributed by atoms with Crippen LogP contribution in [0.2, 0.25) is 0 Å². The van der Waals surface area contributed by atoms with Crippen LogP contribution in [-0.2, 0) is 9.53 Å². The average molecular weight is 264 g/mol. The number of nitrogens with zero attached hydrogens (tertiary/aromatic N) is 2. The fraction of sp³-hybridized carbons (Fsp3) is 0.462. The first-order valence-electron chi connectivity index (χ1n) is 6.14. The van der Waals surface area contributed by atoms with Crippen molar-refractivity contribution in [2.75, 3.05) is 26.2 Å². The summed E-state index contributed by atoms with van der Waals surface area (Å²) in [5, 5.41) is 11.1. The summed E-state index contributed by atoms with van der Waals surface area (Å²) in [6, 6.07) is 5.01. The predicted octanol–water partition coefficient (Wildman–Crippen LogP) is 1.48. The van der Waals surface area contributed by atoms with Gasteiger partial charge in [-0.2, -0.15) is 0 Å². The first-order chi connectivity index (χ1) is 9.11. The van der Waals surface area contributed by atoms with E-state index in [-0.39, 0.29) is 11.8 Å². The average Bonchev–Trinajstić information content (AvgIpc) is 2.39. The zero-order valence-corrected chi connectivity index (χ0v) is 10.7. The second kappa shape index (κ2) is 5.90. The van der Waals surface area contributed by atoms with Crippen LogP contribution in [0.1, 0.15) is 17.2 Å². The minimum Gasteiger partial charge on any atom is -0.371 e. The Balaban J connectivity index is 2.27. The van der Waals surface area contributed by atoms with Crippen molar-refractivity contribution in [2.24, 2.45) is 0 Å². The van der Waals surface area contributed by atoms with Crippen molar-refractivity contribution in [2.45, 2.75) is 13.0 Å². The van der Waals surface area contributed by atoms with Crippen LogP contribution in [0.5, 0.6) is 0 Å². The first kappa shape index (κ1) is 13.6. The van der Waals surface area contributed by atoms with Gasteiger partial charge in [0.05, 0.1) is 23.6 Å². The Bertz CT molecular complexity index is 490. The molecule has 1 aliphatic heterocycles. The van der Waals surface area contributed by atoms with Crippen molar-refractivity contribution >= 4 is 12.0 Å². The number of ether oxygens (including phenoxy) is 1. The number of carbonyl (C=O) groups excluding carboxylic acids is 1. The first-order valence-corrected chi connectivity index (χ1v) is 6.14. The van der Waals surface area contributed by atoms with E-state index in [2.05, 4.69) is 0 Å².